The molecular formula is C22H28N4O2S. The number of hydrogen-bond acceptors (Lipinski definition) is 5. The van der Waals surface area contributed by atoms with Gasteiger partial charge in [-0.15, -0.1) is 11.3 Å². The zero-order valence-corrected chi connectivity index (χ0v) is 17.9. The van der Waals surface area contributed by atoms with Crippen molar-refractivity contribution in [1.82, 2.24) is 15.2 Å². The number of nitrogens with zero attached hydrogens (tertiary/aromatic N) is 3. The van der Waals surface area contributed by atoms with Crippen molar-refractivity contribution in [3.8, 4) is 0 Å². The van der Waals surface area contributed by atoms with Gasteiger partial charge in [-0.25, -0.2) is 4.98 Å². The van der Waals surface area contributed by atoms with Crippen LogP contribution in [0.3, 0.4) is 0 Å². The van der Waals surface area contributed by atoms with Crippen LogP contribution in [0.4, 0.5) is 5.13 Å². The van der Waals surface area contributed by atoms with E-state index in [1.54, 1.807) is 18.3 Å². The smallest absolute Gasteiger partial charge is 0.223 e. The van der Waals surface area contributed by atoms with E-state index in [-0.39, 0.29) is 17.7 Å². The molecule has 0 unspecified atom stereocenters. The number of fused-ring (bicyclic) bond motifs is 1. The maximum atomic E-state index is 12.7. The summed E-state index contributed by atoms with van der Waals surface area (Å²) in [6.45, 7) is 7.43. The molecule has 2 heterocycles. The lowest BCUT2D eigenvalue weighted by Gasteiger charge is -2.33. The lowest BCUT2D eigenvalue weighted by atomic mass is 9.90. The van der Waals surface area contributed by atoms with E-state index in [0.29, 0.717) is 6.54 Å². The second-order valence-electron chi connectivity index (χ2n) is 8.01. The van der Waals surface area contributed by atoms with E-state index in [1.807, 2.05) is 17.0 Å². The van der Waals surface area contributed by atoms with Gasteiger partial charge >= 0.3 is 0 Å². The van der Waals surface area contributed by atoms with Crippen LogP contribution in [0.1, 0.15) is 35.0 Å². The van der Waals surface area contributed by atoms with E-state index >= 15 is 0 Å². The van der Waals surface area contributed by atoms with Crippen molar-refractivity contribution in [2.45, 2.75) is 39.7 Å². The Morgan fingerprint density at radius 1 is 1.24 bits per heavy atom. The second kappa shape index (κ2) is 8.53. The lowest BCUT2D eigenvalue weighted by molar-refractivity contribution is -0.129. The molecule has 4 rings (SSSR count). The summed E-state index contributed by atoms with van der Waals surface area (Å²) in [4.78, 5) is 34.5. The minimum absolute atomic E-state index is 0.0233. The standard InChI is InChI=1S/C22H28N4O2S/c1-15-4-3-5-17(12-15)14-23-21(28)18-6-7-19-20(13-18)29-22(24-19)26-10-8-25(9-11-26)16(2)27/h3-5,12,18H,6-11,13-14H2,1-2H3,(H,23,28)/t18-/m1/s1. The maximum absolute atomic E-state index is 12.7. The van der Waals surface area contributed by atoms with Gasteiger partial charge in [0.2, 0.25) is 11.8 Å². The number of rotatable bonds is 4. The molecule has 0 radical (unpaired) electrons. The summed E-state index contributed by atoms with van der Waals surface area (Å²) >= 11 is 1.72. The molecule has 29 heavy (non-hydrogen) atoms. The van der Waals surface area contributed by atoms with E-state index in [1.165, 1.54) is 10.4 Å². The van der Waals surface area contributed by atoms with E-state index in [0.717, 1.165) is 61.8 Å². The summed E-state index contributed by atoms with van der Waals surface area (Å²) in [5, 5.41) is 4.15. The molecule has 6 nitrogen and oxygen atoms in total. The molecule has 2 aromatic rings. The number of carbonyl (C=O) groups is 2. The molecule has 1 aromatic heterocycles. The number of aromatic nitrogens is 1. The number of nitrogens with one attached hydrogen (secondary N) is 1. The van der Waals surface area contributed by atoms with Crippen LogP contribution in [0.15, 0.2) is 24.3 Å². The Balaban J connectivity index is 1.34. The van der Waals surface area contributed by atoms with Crippen LogP contribution in [-0.4, -0.2) is 47.9 Å². The first-order valence-electron chi connectivity index (χ1n) is 10.3. The third-order valence-corrected chi connectivity index (χ3v) is 7.02. The van der Waals surface area contributed by atoms with Crippen molar-refractivity contribution in [3.63, 3.8) is 0 Å². The number of benzene rings is 1. The summed E-state index contributed by atoms with van der Waals surface area (Å²) in [7, 11) is 0. The fraction of sp³-hybridized carbons (Fsp3) is 0.500. The molecule has 1 fully saturated rings. The number of thiazole rings is 1. The number of aryl methyl sites for hydroxylation is 2. The normalized spacial score (nSPS) is 19.0. The molecule has 1 N–H and O–H groups in total. The molecule has 2 amide bonds. The number of hydrogen-bond donors (Lipinski definition) is 1. The molecule has 1 aromatic carbocycles. The first-order chi connectivity index (χ1) is 14.0. The predicted molar refractivity (Wildman–Crippen MR) is 115 cm³/mol. The molecule has 0 bridgehead atoms. The third kappa shape index (κ3) is 4.61. The number of amides is 2. The van der Waals surface area contributed by atoms with E-state index < -0.39 is 0 Å². The predicted octanol–water partition coefficient (Wildman–Crippen LogP) is 2.54. The van der Waals surface area contributed by atoms with Gasteiger partial charge < -0.3 is 15.1 Å². The molecule has 154 valence electrons. The highest BCUT2D eigenvalue weighted by Gasteiger charge is 2.29. The van der Waals surface area contributed by atoms with Crippen molar-refractivity contribution in [2.24, 2.45) is 5.92 Å². The average Bonchev–Trinajstić information content (AvgIpc) is 3.15. The Bertz CT molecular complexity index is 902. The van der Waals surface area contributed by atoms with Gasteiger partial charge in [0, 0.05) is 50.4 Å². The summed E-state index contributed by atoms with van der Waals surface area (Å²) in [6.07, 6.45) is 2.50. The van der Waals surface area contributed by atoms with Crippen molar-refractivity contribution in [3.05, 3.63) is 46.0 Å². The van der Waals surface area contributed by atoms with E-state index in [2.05, 4.69) is 29.3 Å². The molecule has 1 atom stereocenters. The van der Waals surface area contributed by atoms with Crippen molar-refractivity contribution < 1.29 is 9.59 Å². The molecule has 1 aliphatic carbocycles. The Morgan fingerprint density at radius 2 is 2.03 bits per heavy atom. The van der Waals surface area contributed by atoms with Gasteiger partial charge in [-0.1, -0.05) is 29.8 Å². The van der Waals surface area contributed by atoms with E-state index in [4.69, 9.17) is 4.98 Å². The summed E-state index contributed by atoms with van der Waals surface area (Å²) in [5.41, 5.74) is 3.50. The van der Waals surface area contributed by atoms with Crippen LogP contribution in [0, 0.1) is 12.8 Å². The summed E-state index contributed by atoms with van der Waals surface area (Å²) < 4.78 is 0. The van der Waals surface area contributed by atoms with Gasteiger partial charge in [0.25, 0.3) is 0 Å². The van der Waals surface area contributed by atoms with Gasteiger partial charge in [-0.3, -0.25) is 9.59 Å². The van der Waals surface area contributed by atoms with Gasteiger partial charge in [0.15, 0.2) is 5.13 Å². The zero-order valence-electron chi connectivity index (χ0n) is 17.1. The number of carbonyl (C=O) groups excluding carboxylic acids is 2. The molecule has 1 aliphatic heterocycles. The van der Waals surface area contributed by atoms with Crippen LogP contribution in [-0.2, 0) is 29.0 Å². The number of piperazine rings is 1. The average molecular weight is 413 g/mol. The van der Waals surface area contributed by atoms with Gasteiger partial charge in [-0.05, 0) is 31.7 Å². The fourth-order valence-electron chi connectivity index (χ4n) is 4.09. The Morgan fingerprint density at radius 3 is 2.76 bits per heavy atom. The van der Waals surface area contributed by atoms with Crippen molar-refractivity contribution in [1.29, 1.82) is 0 Å². The first-order valence-corrected chi connectivity index (χ1v) is 11.1. The molecule has 1 saturated heterocycles. The minimum Gasteiger partial charge on any atom is -0.352 e. The van der Waals surface area contributed by atoms with Crippen LogP contribution >= 0.6 is 11.3 Å². The van der Waals surface area contributed by atoms with Crippen molar-refractivity contribution >= 4 is 28.3 Å². The molecule has 0 spiro atoms. The highest BCUT2D eigenvalue weighted by molar-refractivity contribution is 7.15. The maximum Gasteiger partial charge on any atom is 0.223 e. The molecular weight excluding hydrogens is 384 g/mol. The van der Waals surface area contributed by atoms with Gasteiger partial charge in [0.1, 0.15) is 0 Å². The Hall–Kier alpha value is -2.41. The molecule has 7 heteroatoms. The molecule has 0 saturated carbocycles. The third-order valence-electron chi connectivity index (χ3n) is 5.84. The number of anilines is 1. The van der Waals surface area contributed by atoms with Gasteiger partial charge in [0.05, 0.1) is 5.69 Å². The van der Waals surface area contributed by atoms with Crippen LogP contribution < -0.4 is 10.2 Å². The largest absolute Gasteiger partial charge is 0.352 e. The topological polar surface area (TPSA) is 65.5 Å². The highest BCUT2D eigenvalue weighted by Crippen LogP contribution is 2.34. The van der Waals surface area contributed by atoms with Crippen LogP contribution in [0.5, 0.6) is 0 Å². The fourth-order valence-corrected chi connectivity index (χ4v) is 5.33. The zero-order chi connectivity index (χ0) is 20.4. The van der Waals surface area contributed by atoms with Gasteiger partial charge in [-0.2, -0.15) is 0 Å². The van der Waals surface area contributed by atoms with Crippen LogP contribution in [0.2, 0.25) is 0 Å². The SMILES string of the molecule is CC(=O)N1CCN(c2nc3c(s2)C[C@H](C(=O)NCc2cccc(C)c2)CC3)CC1. The summed E-state index contributed by atoms with van der Waals surface area (Å²) in [5.74, 6) is 0.306. The summed E-state index contributed by atoms with van der Waals surface area (Å²) in [6, 6.07) is 8.25. The lowest BCUT2D eigenvalue weighted by Crippen LogP contribution is -2.48. The second-order valence-corrected chi connectivity index (χ2v) is 9.07. The Kier molecular flexibility index (Phi) is 5.85. The monoisotopic (exact) mass is 412 g/mol. The highest BCUT2D eigenvalue weighted by atomic mass is 32.1. The quantitative estimate of drug-likeness (QED) is 0.838. The van der Waals surface area contributed by atoms with E-state index in [9.17, 15) is 9.59 Å². The minimum atomic E-state index is 0.0233. The molecule has 2 aliphatic rings. The van der Waals surface area contributed by atoms with Crippen molar-refractivity contribution in [2.75, 3.05) is 31.1 Å². The first kappa shape index (κ1) is 19.9. The Labute approximate surface area is 175 Å². The van der Waals surface area contributed by atoms with Crippen LogP contribution in [0.25, 0.3) is 0 Å².